The molecule has 6 heteroatoms. The van der Waals surface area contributed by atoms with Crippen molar-refractivity contribution in [3.63, 3.8) is 0 Å². The summed E-state index contributed by atoms with van der Waals surface area (Å²) in [5.41, 5.74) is 2.10. The molecule has 0 spiro atoms. The van der Waals surface area contributed by atoms with Crippen LogP contribution >= 0.6 is 11.6 Å². The number of hydrogen-bond donors (Lipinski definition) is 2. The van der Waals surface area contributed by atoms with E-state index in [-0.39, 0.29) is 12.6 Å². The largest absolute Gasteiger partial charge is 0.482 e. The van der Waals surface area contributed by atoms with E-state index in [0.29, 0.717) is 35.9 Å². The topological polar surface area (TPSA) is 67.8 Å². The van der Waals surface area contributed by atoms with Crippen molar-refractivity contribution in [2.45, 2.75) is 44.2 Å². The van der Waals surface area contributed by atoms with Gasteiger partial charge in [-0.05, 0) is 67.5 Å². The number of aliphatic hydroxyl groups is 1. The summed E-state index contributed by atoms with van der Waals surface area (Å²) in [4.78, 5) is 11.4. The van der Waals surface area contributed by atoms with Crippen molar-refractivity contribution < 1.29 is 19.4 Å². The summed E-state index contributed by atoms with van der Waals surface area (Å²) in [5, 5.41) is 14.5. The number of benzene rings is 2. The van der Waals surface area contributed by atoms with E-state index in [9.17, 15) is 9.90 Å². The molecule has 1 aliphatic carbocycles. The van der Waals surface area contributed by atoms with Crippen molar-refractivity contribution >= 4 is 17.6 Å². The Kier molecular flexibility index (Phi) is 7.92. The van der Waals surface area contributed by atoms with Gasteiger partial charge in [0.15, 0.2) is 6.61 Å². The molecule has 3 rings (SSSR count). The molecule has 0 aromatic heterocycles. The molecule has 156 valence electrons. The molecule has 0 bridgehead atoms. The highest BCUT2D eigenvalue weighted by atomic mass is 35.5. The summed E-state index contributed by atoms with van der Waals surface area (Å²) in [6.07, 6.45) is 2.65. The molecule has 0 radical (unpaired) electrons. The standard InChI is InChI=1S/C23H28ClNO4/c1-2-28-23(27)15-29-21-10-7-16(8-11-21)17-6-9-20(13-17)25-14-22(26)18-4-3-5-19(24)12-18/h3-5,7-8,10-12,17,20,22,25-26H,2,6,9,13-15H2,1H3/t17?,20?,22-/m0/s1. The number of nitrogens with one attached hydrogen (secondary N) is 1. The van der Waals surface area contributed by atoms with Crippen LogP contribution in [0, 0.1) is 0 Å². The first-order valence-corrected chi connectivity index (χ1v) is 10.5. The van der Waals surface area contributed by atoms with Crippen molar-refractivity contribution in [2.75, 3.05) is 19.8 Å². The summed E-state index contributed by atoms with van der Waals surface area (Å²) in [5.74, 6) is 0.787. The Morgan fingerprint density at radius 1 is 1.24 bits per heavy atom. The van der Waals surface area contributed by atoms with Gasteiger partial charge in [-0.1, -0.05) is 35.9 Å². The van der Waals surface area contributed by atoms with Gasteiger partial charge in [0.2, 0.25) is 0 Å². The Hall–Kier alpha value is -2.08. The van der Waals surface area contributed by atoms with Gasteiger partial charge in [0.05, 0.1) is 12.7 Å². The fourth-order valence-corrected chi connectivity index (χ4v) is 3.96. The highest BCUT2D eigenvalue weighted by molar-refractivity contribution is 6.30. The van der Waals surface area contributed by atoms with Crippen LogP contribution in [0.3, 0.4) is 0 Å². The van der Waals surface area contributed by atoms with Crippen LogP contribution in [-0.4, -0.2) is 36.9 Å². The van der Waals surface area contributed by atoms with E-state index in [1.807, 2.05) is 24.3 Å². The SMILES string of the molecule is CCOC(=O)COc1ccc(C2CCC(NC[C@H](O)c3cccc(Cl)c3)C2)cc1. The predicted molar refractivity (Wildman–Crippen MR) is 113 cm³/mol. The molecule has 0 saturated heterocycles. The second-order valence-electron chi connectivity index (χ2n) is 7.35. The van der Waals surface area contributed by atoms with Gasteiger partial charge in [-0.15, -0.1) is 0 Å². The van der Waals surface area contributed by atoms with Gasteiger partial charge in [-0.3, -0.25) is 0 Å². The number of rotatable bonds is 9. The van der Waals surface area contributed by atoms with Crippen molar-refractivity contribution in [1.82, 2.24) is 5.32 Å². The van der Waals surface area contributed by atoms with E-state index in [0.717, 1.165) is 24.8 Å². The van der Waals surface area contributed by atoms with Crippen LogP contribution in [0.15, 0.2) is 48.5 Å². The summed E-state index contributed by atoms with van der Waals surface area (Å²) < 4.78 is 10.3. The van der Waals surface area contributed by atoms with Crippen molar-refractivity contribution in [3.05, 3.63) is 64.7 Å². The molecule has 29 heavy (non-hydrogen) atoms. The lowest BCUT2D eigenvalue weighted by atomic mass is 9.97. The molecule has 1 fully saturated rings. The zero-order valence-corrected chi connectivity index (χ0v) is 17.4. The summed E-state index contributed by atoms with van der Waals surface area (Å²) in [7, 11) is 0. The number of hydrogen-bond acceptors (Lipinski definition) is 5. The maximum Gasteiger partial charge on any atom is 0.344 e. The highest BCUT2D eigenvalue weighted by Gasteiger charge is 2.26. The molecule has 2 unspecified atom stereocenters. The average Bonchev–Trinajstić information content (AvgIpc) is 3.20. The van der Waals surface area contributed by atoms with Crippen LogP contribution in [0.2, 0.25) is 5.02 Å². The van der Waals surface area contributed by atoms with Crippen LogP contribution in [0.4, 0.5) is 0 Å². The fraction of sp³-hybridized carbons (Fsp3) is 0.435. The van der Waals surface area contributed by atoms with Crippen molar-refractivity contribution in [1.29, 1.82) is 0 Å². The van der Waals surface area contributed by atoms with Gasteiger partial charge < -0.3 is 19.9 Å². The number of aliphatic hydroxyl groups excluding tert-OH is 1. The normalized spacial score (nSPS) is 19.7. The van der Waals surface area contributed by atoms with Gasteiger partial charge in [-0.25, -0.2) is 4.79 Å². The molecule has 1 aliphatic rings. The average molecular weight is 418 g/mol. The summed E-state index contributed by atoms with van der Waals surface area (Å²) >= 11 is 6.00. The molecular formula is C23H28ClNO4. The minimum atomic E-state index is -0.566. The minimum Gasteiger partial charge on any atom is -0.482 e. The van der Waals surface area contributed by atoms with Crippen LogP contribution in [0.25, 0.3) is 0 Å². The quantitative estimate of drug-likeness (QED) is 0.597. The molecule has 0 amide bonds. The van der Waals surface area contributed by atoms with E-state index >= 15 is 0 Å². The minimum absolute atomic E-state index is 0.0719. The third kappa shape index (κ3) is 6.46. The lowest BCUT2D eigenvalue weighted by molar-refractivity contribution is -0.145. The van der Waals surface area contributed by atoms with Crippen molar-refractivity contribution in [3.8, 4) is 5.75 Å². The maximum atomic E-state index is 11.4. The van der Waals surface area contributed by atoms with Gasteiger partial charge >= 0.3 is 5.97 Å². The Morgan fingerprint density at radius 3 is 2.76 bits per heavy atom. The van der Waals surface area contributed by atoms with E-state index in [1.165, 1.54) is 5.56 Å². The maximum absolute atomic E-state index is 11.4. The monoisotopic (exact) mass is 417 g/mol. The smallest absolute Gasteiger partial charge is 0.344 e. The second kappa shape index (κ2) is 10.6. The molecule has 5 nitrogen and oxygen atoms in total. The van der Waals surface area contributed by atoms with Crippen LogP contribution in [0.5, 0.6) is 5.75 Å². The molecule has 2 aromatic carbocycles. The van der Waals surface area contributed by atoms with E-state index in [1.54, 1.807) is 19.1 Å². The number of carbonyl (C=O) groups is 1. The zero-order chi connectivity index (χ0) is 20.6. The Bertz CT molecular complexity index is 796. The molecule has 2 aromatic rings. The first kappa shape index (κ1) is 21.6. The predicted octanol–water partition coefficient (Wildman–Crippen LogP) is 4.24. The lowest BCUT2D eigenvalue weighted by Crippen LogP contribution is -2.30. The first-order valence-electron chi connectivity index (χ1n) is 10.1. The first-order chi connectivity index (χ1) is 14.0. The van der Waals surface area contributed by atoms with E-state index < -0.39 is 6.10 Å². The van der Waals surface area contributed by atoms with Crippen LogP contribution < -0.4 is 10.1 Å². The van der Waals surface area contributed by atoms with Crippen LogP contribution in [-0.2, 0) is 9.53 Å². The summed E-state index contributed by atoms with van der Waals surface area (Å²) in [6, 6.07) is 15.7. The van der Waals surface area contributed by atoms with E-state index in [2.05, 4.69) is 17.4 Å². The Balaban J connectivity index is 1.45. The number of esters is 1. The molecule has 1 saturated carbocycles. The number of ether oxygens (including phenoxy) is 2. The zero-order valence-electron chi connectivity index (χ0n) is 16.6. The van der Waals surface area contributed by atoms with Gasteiger partial charge in [-0.2, -0.15) is 0 Å². The van der Waals surface area contributed by atoms with Gasteiger partial charge in [0.1, 0.15) is 5.75 Å². The third-order valence-corrected chi connectivity index (χ3v) is 5.51. The lowest BCUT2D eigenvalue weighted by Gasteiger charge is -2.17. The Morgan fingerprint density at radius 2 is 2.03 bits per heavy atom. The number of carbonyl (C=O) groups excluding carboxylic acids is 1. The summed E-state index contributed by atoms with van der Waals surface area (Å²) in [6.45, 7) is 2.57. The molecule has 2 N–H and O–H groups in total. The molecule has 0 heterocycles. The van der Waals surface area contributed by atoms with Gasteiger partial charge in [0.25, 0.3) is 0 Å². The third-order valence-electron chi connectivity index (χ3n) is 5.28. The number of halogens is 1. The van der Waals surface area contributed by atoms with Gasteiger partial charge in [0, 0.05) is 17.6 Å². The molecular weight excluding hydrogens is 390 g/mol. The highest BCUT2D eigenvalue weighted by Crippen LogP contribution is 2.35. The van der Waals surface area contributed by atoms with Crippen molar-refractivity contribution in [2.24, 2.45) is 0 Å². The molecule has 0 aliphatic heterocycles. The second-order valence-corrected chi connectivity index (χ2v) is 7.79. The Labute approximate surface area is 177 Å². The molecule has 3 atom stereocenters. The van der Waals surface area contributed by atoms with Crippen LogP contribution in [0.1, 0.15) is 49.3 Å². The fourth-order valence-electron chi connectivity index (χ4n) is 3.76. The van der Waals surface area contributed by atoms with E-state index in [4.69, 9.17) is 21.1 Å².